The minimum absolute atomic E-state index is 0.00290. The molecule has 35 heavy (non-hydrogen) atoms. The van der Waals surface area contributed by atoms with E-state index in [1.807, 2.05) is 6.07 Å². The van der Waals surface area contributed by atoms with Gasteiger partial charge in [0.2, 0.25) is 11.9 Å². The lowest BCUT2D eigenvalue weighted by molar-refractivity contribution is -0.249. The Morgan fingerprint density at radius 2 is 1.94 bits per heavy atom. The molecule has 0 unspecified atom stereocenters. The highest BCUT2D eigenvalue weighted by Crippen LogP contribution is 2.54. The molecule has 1 aromatic heterocycles. The van der Waals surface area contributed by atoms with Crippen molar-refractivity contribution in [1.29, 1.82) is 10.7 Å². The molecular formula is C22H25F4N7O2. The number of rotatable bonds is 7. The number of amidine groups is 1. The van der Waals surface area contributed by atoms with Gasteiger partial charge >= 0.3 is 6.18 Å². The van der Waals surface area contributed by atoms with Crippen molar-refractivity contribution in [3.05, 3.63) is 36.1 Å². The number of amides is 2. The summed E-state index contributed by atoms with van der Waals surface area (Å²) in [6, 6.07) is 4.41. The van der Waals surface area contributed by atoms with Crippen LogP contribution < -0.4 is 16.4 Å². The first-order valence-corrected chi connectivity index (χ1v) is 10.9. The smallest absolute Gasteiger partial charge is 0.384 e. The van der Waals surface area contributed by atoms with Crippen molar-refractivity contribution in [2.75, 3.05) is 18.4 Å². The lowest BCUT2D eigenvalue weighted by atomic mass is 9.66. The van der Waals surface area contributed by atoms with Crippen molar-refractivity contribution in [2.45, 2.75) is 50.2 Å². The average molecular weight is 495 g/mol. The number of nitriles is 1. The number of alkyl halides is 3. The van der Waals surface area contributed by atoms with E-state index in [9.17, 15) is 32.4 Å². The third-order valence-electron chi connectivity index (χ3n) is 6.64. The zero-order valence-corrected chi connectivity index (χ0v) is 18.7. The maximum atomic E-state index is 13.6. The Morgan fingerprint density at radius 1 is 1.29 bits per heavy atom. The zero-order valence-electron chi connectivity index (χ0n) is 18.7. The van der Waals surface area contributed by atoms with Crippen molar-refractivity contribution in [2.24, 2.45) is 11.1 Å². The maximum Gasteiger partial charge on any atom is 0.403 e. The van der Waals surface area contributed by atoms with Crippen LogP contribution in [0.2, 0.25) is 0 Å². The largest absolute Gasteiger partial charge is 0.403 e. The summed E-state index contributed by atoms with van der Waals surface area (Å²) in [7, 11) is 0. The number of primary amides is 1. The topological polar surface area (TPSA) is 148 Å². The molecule has 1 aliphatic heterocycles. The minimum atomic E-state index is -4.62. The van der Waals surface area contributed by atoms with E-state index in [-0.39, 0.29) is 56.5 Å². The van der Waals surface area contributed by atoms with Crippen molar-refractivity contribution < 1.29 is 27.2 Å². The van der Waals surface area contributed by atoms with E-state index in [2.05, 4.69) is 15.6 Å². The van der Waals surface area contributed by atoms with E-state index < -0.39 is 40.7 Å². The van der Waals surface area contributed by atoms with Crippen molar-refractivity contribution in [3.63, 3.8) is 0 Å². The van der Waals surface area contributed by atoms with Crippen LogP contribution in [0.3, 0.4) is 0 Å². The normalized spacial score (nSPS) is 19.2. The molecule has 13 heteroatoms. The van der Waals surface area contributed by atoms with Crippen molar-refractivity contribution in [3.8, 4) is 6.07 Å². The molecule has 0 bridgehead atoms. The number of carbonyl (C=O) groups excluding carboxylic acids is 2. The van der Waals surface area contributed by atoms with Crippen LogP contribution in [-0.4, -0.2) is 52.3 Å². The Labute approximate surface area is 198 Å². The molecule has 2 amide bonds. The van der Waals surface area contributed by atoms with Crippen molar-refractivity contribution in [1.82, 2.24) is 15.2 Å². The fourth-order valence-electron chi connectivity index (χ4n) is 4.30. The number of halogens is 4. The number of nitrogens with zero attached hydrogens (tertiary/aromatic N) is 3. The van der Waals surface area contributed by atoms with Gasteiger partial charge in [-0.2, -0.15) is 22.8 Å². The summed E-state index contributed by atoms with van der Waals surface area (Å²) in [6.07, 6.45) is -2.16. The molecule has 0 atom stereocenters. The Bertz CT molecular complexity index is 1070. The number of nitrogens with two attached hydrogens (primary N) is 1. The molecule has 1 saturated carbocycles. The third-order valence-corrected chi connectivity index (χ3v) is 6.64. The van der Waals surface area contributed by atoms with Crippen molar-refractivity contribution >= 4 is 23.3 Å². The van der Waals surface area contributed by atoms with Crippen LogP contribution in [0.4, 0.5) is 23.2 Å². The van der Waals surface area contributed by atoms with E-state index in [1.54, 1.807) is 0 Å². The van der Waals surface area contributed by atoms with E-state index in [1.165, 1.54) is 17.2 Å². The zero-order chi connectivity index (χ0) is 25.9. The summed E-state index contributed by atoms with van der Waals surface area (Å²) in [5.41, 5.74) is 1.98. The number of nitrogens with one attached hydrogen (secondary N) is 3. The molecule has 2 heterocycles. The highest BCUT2D eigenvalue weighted by atomic mass is 19.4. The van der Waals surface area contributed by atoms with Gasteiger partial charge in [0.1, 0.15) is 11.3 Å². The number of likely N-dealkylation sites (tertiary alicyclic amines) is 1. The summed E-state index contributed by atoms with van der Waals surface area (Å²) in [4.78, 5) is 29.3. The molecule has 0 spiro atoms. The Balaban J connectivity index is 1.72. The highest BCUT2D eigenvalue weighted by molar-refractivity contribution is 6.23. The molecular weight excluding hydrogens is 470 g/mol. The molecule has 1 saturated heterocycles. The van der Waals surface area contributed by atoms with Crippen LogP contribution in [0.1, 0.15) is 38.5 Å². The first-order chi connectivity index (χ1) is 16.4. The van der Waals surface area contributed by atoms with Crippen LogP contribution in [-0.2, 0) is 9.59 Å². The van der Waals surface area contributed by atoms with Crippen LogP contribution in [0.15, 0.2) is 30.1 Å². The average Bonchev–Trinajstić information content (AvgIpc) is 2.72. The van der Waals surface area contributed by atoms with E-state index in [0.29, 0.717) is 6.42 Å². The monoisotopic (exact) mass is 495 g/mol. The second kappa shape index (κ2) is 9.89. The molecule has 9 nitrogen and oxygen atoms in total. The van der Waals surface area contributed by atoms with Gasteiger partial charge in [0.25, 0.3) is 5.91 Å². The molecule has 3 rings (SSSR count). The van der Waals surface area contributed by atoms with Crippen LogP contribution in [0, 0.1) is 28.1 Å². The van der Waals surface area contributed by atoms with Crippen LogP contribution >= 0.6 is 0 Å². The maximum absolute atomic E-state index is 13.6. The first kappa shape index (κ1) is 25.9. The number of carbonyl (C=O) groups is 2. The number of aromatic nitrogens is 1. The molecule has 1 aromatic rings. The SMILES string of the molecule is N#CCC1(N/C=C(\C(=N)Nc2ccnc(F)c2)C(N)=O)CCN(C(=O)C2(C(F)(F)F)CCC2)CC1. The van der Waals surface area contributed by atoms with E-state index >= 15 is 0 Å². The van der Waals surface area contributed by atoms with Gasteiger partial charge in [-0.15, -0.1) is 0 Å². The van der Waals surface area contributed by atoms with Gasteiger partial charge < -0.3 is 21.3 Å². The summed E-state index contributed by atoms with van der Waals surface area (Å²) in [5.74, 6) is -3.14. The predicted octanol–water partition coefficient (Wildman–Crippen LogP) is 2.58. The van der Waals surface area contributed by atoms with Gasteiger partial charge in [-0.3, -0.25) is 15.0 Å². The molecule has 1 aliphatic carbocycles. The second-order valence-corrected chi connectivity index (χ2v) is 8.77. The summed E-state index contributed by atoms with van der Waals surface area (Å²) < 4.78 is 54.0. The Hall–Kier alpha value is -3.69. The summed E-state index contributed by atoms with van der Waals surface area (Å²) in [5, 5.41) is 22.9. The Kier molecular flexibility index (Phi) is 7.33. The standard InChI is InChI=1S/C22H25F4N7O2/c23-16-12-14(2-9-30-16)32-17(28)15(18(29)34)13-31-20(5-8-27)6-10-33(11-7-20)19(35)21(3-1-4-21)22(24,25)26/h2,9,12-13,31H,1,3-7,10-11H2,(H2,29,34)(H2,28,30,32)/b15-13+. The molecule has 5 N–H and O–H groups in total. The lowest BCUT2D eigenvalue weighted by Crippen LogP contribution is -2.60. The van der Waals surface area contributed by atoms with Gasteiger partial charge in [0.05, 0.1) is 23.6 Å². The van der Waals surface area contributed by atoms with Gasteiger partial charge in [0.15, 0.2) is 0 Å². The fourth-order valence-corrected chi connectivity index (χ4v) is 4.30. The van der Waals surface area contributed by atoms with Gasteiger partial charge in [-0.1, -0.05) is 6.42 Å². The highest BCUT2D eigenvalue weighted by Gasteiger charge is 2.64. The Morgan fingerprint density at radius 3 is 2.43 bits per heavy atom. The number of anilines is 1. The van der Waals surface area contributed by atoms with E-state index in [0.717, 1.165) is 12.3 Å². The van der Waals surface area contributed by atoms with Gasteiger partial charge in [-0.05, 0) is 31.7 Å². The predicted molar refractivity (Wildman–Crippen MR) is 117 cm³/mol. The third kappa shape index (κ3) is 5.36. The molecule has 188 valence electrons. The van der Waals surface area contributed by atoms with Crippen LogP contribution in [0.25, 0.3) is 0 Å². The quantitative estimate of drug-likeness (QED) is 0.150. The lowest BCUT2D eigenvalue weighted by Gasteiger charge is -2.47. The number of hydrogen-bond acceptors (Lipinski definition) is 6. The number of piperidine rings is 1. The second-order valence-electron chi connectivity index (χ2n) is 8.77. The summed E-state index contributed by atoms with van der Waals surface area (Å²) in [6.45, 7) is -0.00580. The molecule has 2 fully saturated rings. The van der Waals surface area contributed by atoms with Gasteiger partial charge in [0, 0.05) is 37.2 Å². The van der Waals surface area contributed by atoms with Gasteiger partial charge in [-0.25, -0.2) is 4.98 Å². The minimum Gasteiger partial charge on any atom is -0.384 e. The fraction of sp³-hybridized carbons (Fsp3) is 0.500. The van der Waals surface area contributed by atoms with E-state index in [4.69, 9.17) is 11.1 Å². The number of hydrogen-bond donors (Lipinski definition) is 4. The molecule has 2 aliphatic rings. The molecule has 0 radical (unpaired) electrons. The summed E-state index contributed by atoms with van der Waals surface area (Å²) >= 11 is 0. The van der Waals surface area contributed by atoms with Crippen LogP contribution in [0.5, 0.6) is 0 Å². The molecule has 0 aromatic carbocycles. The number of pyridine rings is 1. The first-order valence-electron chi connectivity index (χ1n) is 10.9.